The zero-order valence-electron chi connectivity index (χ0n) is 16.0. The number of likely N-dealkylation sites (tertiary alicyclic amines) is 1. The van der Waals surface area contributed by atoms with Crippen LogP contribution in [0.2, 0.25) is 0 Å². The molecule has 0 aliphatic carbocycles. The van der Waals surface area contributed by atoms with Crippen molar-refractivity contribution in [1.82, 2.24) is 4.90 Å². The van der Waals surface area contributed by atoms with E-state index in [9.17, 15) is 9.59 Å². The standard InChI is InChI=1S/C23H21NO4/c1-14-7-8-16-15(2)21(27-20(16)11-14)22(26)24-10-9-23(13-24)12-18(25)17-5-3-4-6-19(17)28-23/h3-8,11H,9-10,12-13H2,1-2H3. The van der Waals surface area contributed by atoms with Gasteiger partial charge in [-0.15, -0.1) is 0 Å². The Morgan fingerprint density at radius 1 is 1.14 bits per heavy atom. The van der Waals surface area contributed by atoms with Crippen LogP contribution in [0.5, 0.6) is 5.75 Å². The first-order valence-electron chi connectivity index (χ1n) is 9.56. The van der Waals surface area contributed by atoms with Gasteiger partial charge in [-0.25, -0.2) is 0 Å². The summed E-state index contributed by atoms with van der Waals surface area (Å²) in [7, 11) is 0. The molecule has 2 aromatic carbocycles. The van der Waals surface area contributed by atoms with E-state index in [4.69, 9.17) is 9.15 Å². The Labute approximate surface area is 162 Å². The number of benzene rings is 2. The van der Waals surface area contributed by atoms with Gasteiger partial charge >= 0.3 is 0 Å². The van der Waals surface area contributed by atoms with Crippen LogP contribution in [0.4, 0.5) is 0 Å². The van der Waals surface area contributed by atoms with Crippen LogP contribution in [0.15, 0.2) is 46.9 Å². The van der Waals surface area contributed by atoms with E-state index < -0.39 is 5.60 Å². The lowest BCUT2D eigenvalue weighted by molar-refractivity contribution is 0.0422. The molecule has 0 radical (unpaired) electrons. The van der Waals surface area contributed by atoms with Crippen molar-refractivity contribution in [3.05, 3.63) is 64.9 Å². The Hall–Kier alpha value is -3.08. The van der Waals surface area contributed by atoms with E-state index >= 15 is 0 Å². The number of hydrogen-bond donors (Lipinski definition) is 0. The van der Waals surface area contributed by atoms with Crippen LogP contribution < -0.4 is 4.74 Å². The highest BCUT2D eigenvalue weighted by Gasteiger charge is 2.47. The summed E-state index contributed by atoms with van der Waals surface area (Å²) in [5.41, 5.74) is 2.66. The fourth-order valence-corrected chi connectivity index (χ4v) is 4.37. The summed E-state index contributed by atoms with van der Waals surface area (Å²) in [6.07, 6.45) is 0.934. The van der Waals surface area contributed by atoms with Gasteiger partial charge in [-0.1, -0.05) is 24.3 Å². The average molecular weight is 375 g/mol. The zero-order chi connectivity index (χ0) is 19.5. The number of rotatable bonds is 1. The van der Waals surface area contributed by atoms with Crippen molar-refractivity contribution in [2.24, 2.45) is 0 Å². The fraction of sp³-hybridized carbons (Fsp3) is 0.304. The Morgan fingerprint density at radius 3 is 2.82 bits per heavy atom. The number of hydrogen-bond acceptors (Lipinski definition) is 4. The van der Waals surface area contributed by atoms with Crippen molar-refractivity contribution in [3.63, 3.8) is 0 Å². The number of fused-ring (bicyclic) bond motifs is 2. The molecular weight excluding hydrogens is 354 g/mol. The third-order valence-corrected chi connectivity index (χ3v) is 5.89. The molecule has 3 heterocycles. The van der Waals surface area contributed by atoms with Crippen molar-refractivity contribution in [3.8, 4) is 5.75 Å². The van der Waals surface area contributed by atoms with Gasteiger partial charge in [-0.3, -0.25) is 9.59 Å². The molecule has 1 spiro atoms. The summed E-state index contributed by atoms with van der Waals surface area (Å²) >= 11 is 0. The van der Waals surface area contributed by atoms with Gasteiger partial charge in [0.1, 0.15) is 16.9 Å². The molecule has 0 bridgehead atoms. The van der Waals surface area contributed by atoms with Crippen LogP contribution in [0.1, 0.15) is 44.9 Å². The minimum absolute atomic E-state index is 0.0755. The van der Waals surface area contributed by atoms with Crippen molar-refractivity contribution >= 4 is 22.7 Å². The Balaban J connectivity index is 1.43. The molecule has 1 amide bonds. The number of carbonyl (C=O) groups excluding carboxylic acids is 2. The minimum atomic E-state index is -0.641. The lowest BCUT2D eigenvalue weighted by Crippen LogP contribution is -2.45. The molecule has 2 aliphatic heterocycles. The normalized spacial score (nSPS) is 21.2. The van der Waals surface area contributed by atoms with E-state index in [0.29, 0.717) is 43.0 Å². The first-order valence-corrected chi connectivity index (χ1v) is 9.56. The summed E-state index contributed by atoms with van der Waals surface area (Å²) in [5, 5.41) is 0.959. The summed E-state index contributed by atoms with van der Waals surface area (Å²) in [5.74, 6) is 0.924. The maximum absolute atomic E-state index is 13.2. The lowest BCUT2D eigenvalue weighted by Gasteiger charge is -2.34. The topological polar surface area (TPSA) is 59.8 Å². The number of ether oxygens (including phenoxy) is 1. The Kier molecular flexibility index (Phi) is 3.63. The van der Waals surface area contributed by atoms with Crippen LogP contribution in [-0.4, -0.2) is 35.3 Å². The number of Topliss-reactive ketones (excluding diaryl/α,β-unsaturated/α-hetero) is 1. The average Bonchev–Trinajstić information content (AvgIpc) is 3.22. The van der Waals surface area contributed by atoms with Gasteiger partial charge in [0.05, 0.1) is 18.5 Å². The highest BCUT2D eigenvalue weighted by atomic mass is 16.5. The molecule has 142 valence electrons. The van der Waals surface area contributed by atoms with Crippen LogP contribution in [-0.2, 0) is 0 Å². The second-order valence-corrected chi connectivity index (χ2v) is 7.91. The molecule has 2 aliphatic rings. The van der Waals surface area contributed by atoms with Gasteiger partial charge in [-0.2, -0.15) is 0 Å². The van der Waals surface area contributed by atoms with E-state index in [2.05, 4.69) is 0 Å². The van der Waals surface area contributed by atoms with Crippen LogP contribution >= 0.6 is 0 Å². The summed E-state index contributed by atoms with van der Waals surface area (Å²) in [6.45, 7) is 4.85. The molecule has 0 saturated carbocycles. The SMILES string of the molecule is Cc1ccc2c(C)c(C(=O)N3CCC4(CC(=O)c5ccccc5O4)C3)oc2c1. The van der Waals surface area contributed by atoms with E-state index in [0.717, 1.165) is 22.1 Å². The smallest absolute Gasteiger partial charge is 0.290 e. The van der Waals surface area contributed by atoms with Gasteiger partial charge in [-0.05, 0) is 37.6 Å². The first kappa shape index (κ1) is 17.0. The van der Waals surface area contributed by atoms with Gasteiger partial charge in [0.15, 0.2) is 11.5 Å². The summed E-state index contributed by atoms with van der Waals surface area (Å²) in [4.78, 5) is 27.5. The predicted molar refractivity (Wildman–Crippen MR) is 105 cm³/mol. The summed E-state index contributed by atoms with van der Waals surface area (Å²) < 4.78 is 12.1. The number of carbonyl (C=O) groups is 2. The molecule has 5 heteroatoms. The number of amides is 1. The molecule has 1 aromatic heterocycles. The molecule has 28 heavy (non-hydrogen) atoms. The molecule has 5 nitrogen and oxygen atoms in total. The lowest BCUT2D eigenvalue weighted by atomic mass is 9.89. The maximum atomic E-state index is 13.2. The number of aryl methyl sites for hydroxylation is 2. The van der Waals surface area contributed by atoms with Gasteiger partial charge in [0, 0.05) is 23.9 Å². The number of ketones is 1. The number of furan rings is 1. The Morgan fingerprint density at radius 2 is 1.96 bits per heavy atom. The van der Waals surface area contributed by atoms with E-state index in [-0.39, 0.29) is 11.7 Å². The molecule has 1 atom stereocenters. The van der Waals surface area contributed by atoms with Crippen molar-refractivity contribution < 1.29 is 18.7 Å². The Bertz CT molecular complexity index is 1130. The molecular formula is C23H21NO4. The van der Waals surface area contributed by atoms with Gasteiger partial charge in [0.25, 0.3) is 5.91 Å². The largest absolute Gasteiger partial charge is 0.484 e. The van der Waals surface area contributed by atoms with E-state index in [1.54, 1.807) is 11.0 Å². The van der Waals surface area contributed by atoms with Crippen LogP contribution in [0, 0.1) is 13.8 Å². The molecule has 1 unspecified atom stereocenters. The monoisotopic (exact) mass is 375 g/mol. The zero-order valence-corrected chi connectivity index (χ0v) is 16.0. The molecule has 0 N–H and O–H groups in total. The highest BCUT2D eigenvalue weighted by Crippen LogP contribution is 2.39. The van der Waals surface area contributed by atoms with Crippen LogP contribution in [0.3, 0.4) is 0 Å². The number of para-hydroxylation sites is 1. The number of nitrogens with zero attached hydrogens (tertiary/aromatic N) is 1. The molecule has 1 fully saturated rings. The molecule has 1 saturated heterocycles. The van der Waals surface area contributed by atoms with Gasteiger partial charge < -0.3 is 14.1 Å². The quantitative estimate of drug-likeness (QED) is 0.636. The third-order valence-electron chi connectivity index (χ3n) is 5.89. The highest BCUT2D eigenvalue weighted by molar-refractivity contribution is 6.01. The van der Waals surface area contributed by atoms with E-state index in [1.807, 2.05) is 50.2 Å². The first-order chi connectivity index (χ1) is 13.5. The second-order valence-electron chi connectivity index (χ2n) is 7.91. The van der Waals surface area contributed by atoms with Crippen molar-refractivity contribution in [2.45, 2.75) is 32.3 Å². The summed E-state index contributed by atoms with van der Waals surface area (Å²) in [6, 6.07) is 13.3. The fourth-order valence-electron chi connectivity index (χ4n) is 4.37. The van der Waals surface area contributed by atoms with Crippen LogP contribution in [0.25, 0.3) is 11.0 Å². The van der Waals surface area contributed by atoms with Gasteiger partial charge in [0.2, 0.25) is 0 Å². The van der Waals surface area contributed by atoms with Crippen molar-refractivity contribution in [2.75, 3.05) is 13.1 Å². The predicted octanol–water partition coefficient (Wildman–Crippen LogP) is 4.30. The minimum Gasteiger partial charge on any atom is -0.484 e. The van der Waals surface area contributed by atoms with E-state index in [1.165, 1.54) is 0 Å². The molecule has 5 rings (SSSR count). The third kappa shape index (κ3) is 2.53. The maximum Gasteiger partial charge on any atom is 0.290 e. The van der Waals surface area contributed by atoms with Crippen molar-refractivity contribution in [1.29, 1.82) is 0 Å². The second kappa shape index (κ2) is 5.96. The molecule has 3 aromatic rings.